The highest BCUT2D eigenvalue weighted by Gasteiger charge is 2.23. The molecule has 0 unspecified atom stereocenters. The lowest BCUT2D eigenvalue weighted by Crippen LogP contribution is -2.32. The molecule has 4 rings (SSSR count). The molecule has 5 nitrogen and oxygen atoms in total. The van der Waals surface area contributed by atoms with Crippen molar-refractivity contribution in [2.75, 3.05) is 0 Å². The zero-order valence-electron chi connectivity index (χ0n) is 16.5. The number of hydrogen-bond donors (Lipinski definition) is 1. The number of aryl methyl sites for hydroxylation is 1. The minimum Gasteiger partial charge on any atom is -0.342 e. The van der Waals surface area contributed by atoms with Crippen LogP contribution in [0.4, 0.5) is 0 Å². The molecule has 0 aliphatic rings. The maximum atomic E-state index is 13.0. The Labute approximate surface area is 175 Å². The smallest absolute Gasteiger partial charge is 0.251 e. The number of nitriles is 1. The second-order valence-electron chi connectivity index (χ2n) is 7.10. The summed E-state index contributed by atoms with van der Waals surface area (Å²) in [7, 11) is 0. The molecule has 3 aromatic carbocycles. The molecule has 30 heavy (non-hydrogen) atoms. The van der Waals surface area contributed by atoms with Crippen molar-refractivity contribution in [2.45, 2.75) is 25.4 Å². The van der Waals surface area contributed by atoms with Crippen molar-refractivity contribution < 1.29 is 4.79 Å². The molecule has 0 aliphatic heterocycles. The van der Waals surface area contributed by atoms with E-state index in [1.54, 1.807) is 12.1 Å². The van der Waals surface area contributed by atoms with Gasteiger partial charge >= 0.3 is 0 Å². The molecule has 1 amide bonds. The van der Waals surface area contributed by atoms with Gasteiger partial charge < -0.3 is 9.88 Å². The van der Waals surface area contributed by atoms with Crippen LogP contribution in [0.2, 0.25) is 0 Å². The first-order valence-electron chi connectivity index (χ1n) is 9.98. The van der Waals surface area contributed by atoms with Crippen molar-refractivity contribution in [1.29, 1.82) is 5.26 Å². The van der Waals surface area contributed by atoms with E-state index in [2.05, 4.69) is 16.0 Å². The van der Waals surface area contributed by atoms with Gasteiger partial charge in [-0.2, -0.15) is 5.26 Å². The topological polar surface area (TPSA) is 70.7 Å². The molecule has 0 bridgehead atoms. The van der Waals surface area contributed by atoms with Crippen LogP contribution in [0.5, 0.6) is 0 Å². The van der Waals surface area contributed by atoms with E-state index >= 15 is 0 Å². The number of aromatic nitrogens is 2. The summed E-state index contributed by atoms with van der Waals surface area (Å²) in [6.45, 7) is 0.527. The first kappa shape index (κ1) is 19.4. The van der Waals surface area contributed by atoms with Gasteiger partial charge in [0.2, 0.25) is 0 Å². The number of nitrogens with zero attached hydrogens (tertiary/aromatic N) is 3. The third-order valence-corrected chi connectivity index (χ3v) is 5.07. The zero-order valence-corrected chi connectivity index (χ0v) is 16.5. The van der Waals surface area contributed by atoms with Gasteiger partial charge in [0.25, 0.3) is 5.91 Å². The Bertz CT molecular complexity index is 1180. The van der Waals surface area contributed by atoms with Crippen molar-refractivity contribution in [1.82, 2.24) is 14.9 Å². The lowest BCUT2D eigenvalue weighted by molar-refractivity contribution is 0.0934. The molecule has 1 N–H and O–H groups in total. The van der Waals surface area contributed by atoms with Crippen LogP contribution in [-0.4, -0.2) is 15.5 Å². The van der Waals surface area contributed by atoms with E-state index in [1.165, 1.54) is 0 Å². The van der Waals surface area contributed by atoms with Crippen molar-refractivity contribution in [2.24, 2.45) is 0 Å². The van der Waals surface area contributed by atoms with E-state index in [0.717, 1.165) is 22.4 Å². The zero-order chi connectivity index (χ0) is 20.8. The van der Waals surface area contributed by atoms with Crippen LogP contribution in [-0.2, 0) is 13.0 Å². The summed E-state index contributed by atoms with van der Waals surface area (Å²) in [6, 6.07) is 29.0. The minimum absolute atomic E-state index is 0.143. The maximum Gasteiger partial charge on any atom is 0.251 e. The molecule has 0 radical (unpaired) electrons. The van der Waals surface area contributed by atoms with Gasteiger partial charge in [0.15, 0.2) is 0 Å². The number of para-hydroxylation sites is 2. The van der Waals surface area contributed by atoms with Crippen molar-refractivity contribution >= 4 is 16.9 Å². The molecule has 0 saturated carbocycles. The van der Waals surface area contributed by atoms with E-state index < -0.39 is 0 Å². The van der Waals surface area contributed by atoms with Gasteiger partial charge in [-0.15, -0.1) is 0 Å². The number of nitrogens with one attached hydrogen (secondary N) is 1. The minimum atomic E-state index is -0.328. The molecule has 4 aromatic rings. The van der Waals surface area contributed by atoms with Gasteiger partial charge in [0, 0.05) is 12.1 Å². The Morgan fingerprint density at radius 2 is 1.63 bits per heavy atom. The van der Waals surface area contributed by atoms with Gasteiger partial charge in [0.1, 0.15) is 5.82 Å². The molecule has 5 heteroatoms. The van der Waals surface area contributed by atoms with Crippen LogP contribution < -0.4 is 5.32 Å². The largest absolute Gasteiger partial charge is 0.342 e. The van der Waals surface area contributed by atoms with Gasteiger partial charge in [0.05, 0.1) is 29.6 Å². The summed E-state index contributed by atoms with van der Waals surface area (Å²) in [5.41, 5.74) is 3.54. The summed E-state index contributed by atoms with van der Waals surface area (Å²) >= 11 is 0. The fraction of sp³-hybridized carbons (Fsp3) is 0.160. The van der Waals surface area contributed by atoms with Crippen molar-refractivity contribution in [3.05, 3.63) is 102 Å². The standard InChI is InChI=1S/C25H22N4O/c26-16-9-17-29-23-15-8-7-14-21(23)27-24(29)22(18-19-10-3-1-4-11-19)28-25(30)20-12-5-2-6-13-20/h1-8,10-15,22H,9,17-18H2,(H,28,30)/t22-/m0/s1. The van der Waals surface area contributed by atoms with E-state index in [9.17, 15) is 4.79 Å². The molecule has 1 aromatic heterocycles. The van der Waals surface area contributed by atoms with Gasteiger partial charge in [-0.25, -0.2) is 4.98 Å². The third-order valence-electron chi connectivity index (χ3n) is 5.07. The average Bonchev–Trinajstić information content (AvgIpc) is 3.17. The molecule has 148 valence electrons. The summed E-state index contributed by atoms with van der Waals surface area (Å²) < 4.78 is 2.05. The van der Waals surface area contributed by atoms with Crippen LogP contribution >= 0.6 is 0 Å². The van der Waals surface area contributed by atoms with E-state index in [-0.39, 0.29) is 11.9 Å². The quantitative estimate of drug-likeness (QED) is 0.495. The van der Waals surface area contributed by atoms with Crippen LogP contribution in [0.25, 0.3) is 11.0 Å². The molecule has 1 heterocycles. The first-order chi connectivity index (χ1) is 14.8. The summed E-state index contributed by atoms with van der Waals surface area (Å²) in [5, 5.41) is 12.3. The van der Waals surface area contributed by atoms with Crippen LogP contribution in [0.1, 0.15) is 34.2 Å². The Hall–Kier alpha value is -3.91. The third kappa shape index (κ3) is 4.23. The fourth-order valence-electron chi connectivity index (χ4n) is 3.64. The molecule has 0 aliphatic carbocycles. The SMILES string of the molecule is N#CCCn1c([C@H](Cc2ccccc2)NC(=O)c2ccccc2)nc2ccccc21. The number of imidazole rings is 1. The first-order valence-corrected chi connectivity index (χ1v) is 9.98. The normalized spacial score (nSPS) is 11.7. The summed E-state index contributed by atoms with van der Waals surface area (Å²) in [4.78, 5) is 17.8. The van der Waals surface area contributed by atoms with Crippen molar-refractivity contribution in [3.8, 4) is 6.07 Å². The average molecular weight is 394 g/mol. The fourth-order valence-corrected chi connectivity index (χ4v) is 3.64. The highest BCUT2D eigenvalue weighted by molar-refractivity contribution is 5.94. The molecule has 0 fully saturated rings. The number of amides is 1. The monoisotopic (exact) mass is 394 g/mol. The predicted molar refractivity (Wildman–Crippen MR) is 117 cm³/mol. The molecule has 1 atom stereocenters. The van der Waals surface area contributed by atoms with Crippen molar-refractivity contribution in [3.63, 3.8) is 0 Å². The maximum absolute atomic E-state index is 13.0. The van der Waals surface area contributed by atoms with Crippen LogP contribution in [0.15, 0.2) is 84.9 Å². The van der Waals surface area contributed by atoms with E-state index in [4.69, 9.17) is 10.2 Å². The summed E-state index contributed by atoms with van der Waals surface area (Å²) in [5.74, 6) is 0.620. The number of fused-ring (bicyclic) bond motifs is 1. The predicted octanol–water partition coefficient (Wildman–Crippen LogP) is 4.66. The molecular formula is C25H22N4O. The second kappa shape index (κ2) is 9.06. The Morgan fingerprint density at radius 1 is 0.967 bits per heavy atom. The van der Waals surface area contributed by atoms with E-state index in [1.807, 2.05) is 72.8 Å². The highest BCUT2D eigenvalue weighted by atomic mass is 16.1. The Morgan fingerprint density at radius 3 is 2.37 bits per heavy atom. The number of carbonyl (C=O) groups is 1. The number of carbonyl (C=O) groups excluding carboxylic acids is 1. The number of hydrogen-bond acceptors (Lipinski definition) is 3. The Balaban J connectivity index is 1.75. The molecular weight excluding hydrogens is 372 g/mol. The lowest BCUT2D eigenvalue weighted by atomic mass is 10.0. The number of rotatable bonds is 7. The van der Waals surface area contributed by atoms with Gasteiger partial charge in [-0.3, -0.25) is 4.79 Å². The second-order valence-corrected chi connectivity index (χ2v) is 7.10. The van der Waals surface area contributed by atoms with E-state index in [0.29, 0.717) is 24.9 Å². The molecule has 0 spiro atoms. The number of benzene rings is 3. The Kier molecular flexibility index (Phi) is 5.86. The molecule has 0 saturated heterocycles. The van der Waals surface area contributed by atoms with Gasteiger partial charge in [-0.05, 0) is 36.2 Å². The van der Waals surface area contributed by atoms with Crippen LogP contribution in [0.3, 0.4) is 0 Å². The van der Waals surface area contributed by atoms with Crippen LogP contribution in [0, 0.1) is 11.3 Å². The lowest BCUT2D eigenvalue weighted by Gasteiger charge is -2.20. The summed E-state index contributed by atoms with van der Waals surface area (Å²) in [6.07, 6.45) is 0.979. The van der Waals surface area contributed by atoms with Gasteiger partial charge in [-0.1, -0.05) is 60.7 Å². The highest BCUT2D eigenvalue weighted by Crippen LogP contribution is 2.24.